The molecule has 2 rings (SSSR count). The molecule has 1 aromatic carbocycles. The van der Waals surface area contributed by atoms with Crippen molar-refractivity contribution >= 4 is 11.9 Å². The molecule has 2 N–H and O–H groups in total. The first kappa shape index (κ1) is 23.1. The molecule has 1 aromatic rings. The Morgan fingerprint density at radius 2 is 2.00 bits per heavy atom. The molecule has 1 unspecified atom stereocenters. The highest BCUT2D eigenvalue weighted by Gasteiger charge is 2.22. The minimum atomic E-state index is -0.574. The summed E-state index contributed by atoms with van der Waals surface area (Å²) in [6, 6.07) is 3.94. The van der Waals surface area contributed by atoms with Crippen molar-refractivity contribution < 1.29 is 13.6 Å². The number of halogens is 2. The lowest BCUT2D eigenvalue weighted by Gasteiger charge is -2.33. The number of piperidine rings is 1. The summed E-state index contributed by atoms with van der Waals surface area (Å²) in [6.45, 7) is 7.16. The smallest absolute Gasteiger partial charge is 0.236 e. The van der Waals surface area contributed by atoms with E-state index in [9.17, 15) is 13.6 Å². The third-order valence-electron chi connectivity index (χ3n) is 5.15. The Bertz CT molecular complexity index is 702. The van der Waals surface area contributed by atoms with E-state index in [2.05, 4.69) is 20.5 Å². The number of carbonyl (C=O) groups is 1. The fourth-order valence-electron chi connectivity index (χ4n) is 3.31. The van der Waals surface area contributed by atoms with Gasteiger partial charge in [0.15, 0.2) is 5.96 Å². The van der Waals surface area contributed by atoms with Crippen LogP contribution in [-0.2, 0) is 4.79 Å². The van der Waals surface area contributed by atoms with Crippen LogP contribution in [0, 0.1) is 11.6 Å². The van der Waals surface area contributed by atoms with E-state index in [-0.39, 0.29) is 17.9 Å². The number of hydrogen-bond acceptors (Lipinski definition) is 3. The Morgan fingerprint density at radius 1 is 1.31 bits per heavy atom. The van der Waals surface area contributed by atoms with Gasteiger partial charge in [0.2, 0.25) is 5.91 Å². The highest BCUT2D eigenvalue weighted by molar-refractivity contribution is 5.80. The number of hydrogen-bond donors (Lipinski definition) is 2. The molecule has 1 amide bonds. The molecule has 1 aliphatic heterocycles. The van der Waals surface area contributed by atoms with Gasteiger partial charge in [-0.3, -0.25) is 14.7 Å². The molecular weight excluding hydrogens is 376 g/mol. The van der Waals surface area contributed by atoms with E-state index in [1.807, 2.05) is 13.8 Å². The van der Waals surface area contributed by atoms with Crippen molar-refractivity contribution in [3.8, 4) is 0 Å². The van der Waals surface area contributed by atoms with Gasteiger partial charge in [-0.15, -0.1) is 0 Å². The molecule has 0 saturated carbocycles. The van der Waals surface area contributed by atoms with Crippen LogP contribution in [0.25, 0.3) is 0 Å². The molecule has 0 aromatic heterocycles. The van der Waals surface area contributed by atoms with Gasteiger partial charge in [0, 0.05) is 58.3 Å². The lowest BCUT2D eigenvalue weighted by atomic mass is 10.0. The van der Waals surface area contributed by atoms with Crippen LogP contribution in [0.3, 0.4) is 0 Å². The van der Waals surface area contributed by atoms with Crippen molar-refractivity contribution in [2.75, 3.05) is 46.8 Å². The SMILES string of the molecule is CCNC(=NCC(C)c1ccc(F)cc1F)NC1CCN(CC(=O)N(C)C)CC1. The van der Waals surface area contributed by atoms with E-state index < -0.39 is 11.6 Å². The van der Waals surface area contributed by atoms with E-state index >= 15 is 0 Å². The Hall–Kier alpha value is -2.22. The van der Waals surface area contributed by atoms with Gasteiger partial charge in [-0.1, -0.05) is 13.0 Å². The standard InChI is InChI=1S/C21H33F2N5O/c1-5-24-21(25-13-15(2)18-7-6-16(22)12-19(18)23)26-17-8-10-28(11-9-17)14-20(29)27(3)4/h6-7,12,15,17H,5,8-11,13-14H2,1-4H3,(H2,24,25,26). The van der Waals surface area contributed by atoms with Crippen molar-refractivity contribution in [1.82, 2.24) is 20.4 Å². The van der Waals surface area contributed by atoms with Gasteiger partial charge in [-0.25, -0.2) is 8.78 Å². The van der Waals surface area contributed by atoms with Crippen molar-refractivity contribution in [1.29, 1.82) is 0 Å². The zero-order chi connectivity index (χ0) is 21.4. The van der Waals surface area contributed by atoms with Crippen LogP contribution in [0.5, 0.6) is 0 Å². The van der Waals surface area contributed by atoms with Crippen LogP contribution in [0.15, 0.2) is 23.2 Å². The number of aliphatic imine (C=N–C) groups is 1. The predicted molar refractivity (Wildman–Crippen MR) is 112 cm³/mol. The second-order valence-corrected chi connectivity index (χ2v) is 7.77. The number of benzene rings is 1. The van der Waals surface area contributed by atoms with Gasteiger partial charge in [0.05, 0.1) is 6.54 Å². The second-order valence-electron chi connectivity index (χ2n) is 7.77. The fraction of sp³-hybridized carbons (Fsp3) is 0.619. The Morgan fingerprint density at radius 3 is 2.59 bits per heavy atom. The van der Waals surface area contributed by atoms with Crippen molar-refractivity contribution in [3.63, 3.8) is 0 Å². The molecule has 1 fully saturated rings. The summed E-state index contributed by atoms with van der Waals surface area (Å²) in [5, 5.41) is 6.68. The van der Waals surface area contributed by atoms with Gasteiger partial charge in [-0.05, 0) is 31.4 Å². The molecule has 162 valence electrons. The molecule has 0 aliphatic carbocycles. The Kier molecular flexibility index (Phi) is 8.82. The summed E-state index contributed by atoms with van der Waals surface area (Å²) in [5.74, 6) is -0.455. The molecule has 6 nitrogen and oxygen atoms in total. The number of nitrogens with zero attached hydrogens (tertiary/aromatic N) is 3. The molecule has 1 atom stereocenters. The first-order valence-corrected chi connectivity index (χ1v) is 10.2. The van der Waals surface area contributed by atoms with E-state index in [0.717, 1.165) is 38.5 Å². The molecule has 29 heavy (non-hydrogen) atoms. The third kappa shape index (κ3) is 7.27. The molecular formula is C21H33F2N5O. The number of amides is 1. The monoisotopic (exact) mass is 409 g/mol. The molecule has 1 saturated heterocycles. The van der Waals surface area contributed by atoms with Crippen LogP contribution in [0.4, 0.5) is 8.78 Å². The van der Waals surface area contributed by atoms with Crippen LogP contribution in [-0.4, -0.2) is 74.5 Å². The van der Waals surface area contributed by atoms with Gasteiger partial charge >= 0.3 is 0 Å². The number of likely N-dealkylation sites (N-methyl/N-ethyl adjacent to an activating group) is 1. The molecule has 1 aliphatic rings. The second kappa shape index (κ2) is 11.1. The maximum Gasteiger partial charge on any atom is 0.236 e. The number of rotatable bonds is 7. The fourth-order valence-corrected chi connectivity index (χ4v) is 3.31. The average molecular weight is 410 g/mol. The van der Waals surface area contributed by atoms with E-state index in [1.54, 1.807) is 19.0 Å². The van der Waals surface area contributed by atoms with Crippen LogP contribution in [0.1, 0.15) is 38.2 Å². The average Bonchev–Trinajstić information content (AvgIpc) is 2.67. The highest BCUT2D eigenvalue weighted by atomic mass is 19.1. The summed E-state index contributed by atoms with van der Waals surface area (Å²) in [7, 11) is 3.54. The summed E-state index contributed by atoms with van der Waals surface area (Å²) in [6.07, 6.45) is 1.85. The zero-order valence-electron chi connectivity index (χ0n) is 17.8. The van der Waals surface area contributed by atoms with Gasteiger partial charge in [-0.2, -0.15) is 0 Å². The van der Waals surface area contributed by atoms with E-state index in [0.29, 0.717) is 24.6 Å². The van der Waals surface area contributed by atoms with Crippen molar-refractivity contribution in [2.24, 2.45) is 4.99 Å². The highest BCUT2D eigenvalue weighted by Crippen LogP contribution is 2.20. The molecule has 0 bridgehead atoms. The van der Waals surface area contributed by atoms with Crippen LogP contribution < -0.4 is 10.6 Å². The lowest BCUT2D eigenvalue weighted by molar-refractivity contribution is -0.130. The maximum absolute atomic E-state index is 14.0. The van der Waals surface area contributed by atoms with Crippen LogP contribution in [0.2, 0.25) is 0 Å². The predicted octanol–water partition coefficient (Wildman–Crippen LogP) is 2.18. The third-order valence-corrected chi connectivity index (χ3v) is 5.15. The molecule has 0 spiro atoms. The topological polar surface area (TPSA) is 60.0 Å². The summed E-state index contributed by atoms with van der Waals surface area (Å²) in [5.41, 5.74) is 0.463. The normalized spacial score (nSPS) is 17.1. The Labute approximate surface area is 172 Å². The van der Waals surface area contributed by atoms with E-state index in [4.69, 9.17) is 0 Å². The molecule has 0 radical (unpaired) electrons. The summed E-state index contributed by atoms with van der Waals surface area (Å²) in [4.78, 5) is 20.2. The minimum absolute atomic E-state index is 0.119. The van der Waals surface area contributed by atoms with E-state index in [1.165, 1.54) is 12.1 Å². The number of guanidine groups is 1. The number of carbonyl (C=O) groups excluding carboxylic acids is 1. The van der Waals surface area contributed by atoms with Crippen LogP contribution >= 0.6 is 0 Å². The zero-order valence-corrected chi connectivity index (χ0v) is 17.8. The number of likely N-dealkylation sites (tertiary alicyclic amines) is 1. The van der Waals surface area contributed by atoms with Gasteiger partial charge in [0.1, 0.15) is 11.6 Å². The van der Waals surface area contributed by atoms with Crippen molar-refractivity contribution in [2.45, 2.75) is 38.6 Å². The lowest BCUT2D eigenvalue weighted by Crippen LogP contribution is -2.50. The Balaban J connectivity index is 1.88. The summed E-state index contributed by atoms with van der Waals surface area (Å²) >= 11 is 0. The molecule has 1 heterocycles. The first-order valence-electron chi connectivity index (χ1n) is 10.2. The molecule has 8 heteroatoms. The number of nitrogens with one attached hydrogen (secondary N) is 2. The van der Waals surface area contributed by atoms with Gasteiger partial charge < -0.3 is 15.5 Å². The largest absolute Gasteiger partial charge is 0.357 e. The summed E-state index contributed by atoms with van der Waals surface area (Å²) < 4.78 is 27.1. The minimum Gasteiger partial charge on any atom is -0.357 e. The van der Waals surface area contributed by atoms with Gasteiger partial charge in [0.25, 0.3) is 0 Å². The first-order chi connectivity index (χ1) is 13.8. The van der Waals surface area contributed by atoms with Crippen molar-refractivity contribution in [3.05, 3.63) is 35.4 Å². The quantitative estimate of drug-likeness (QED) is 0.535. The maximum atomic E-state index is 14.0.